The van der Waals surface area contributed by atoms with Crippen molar-refractivity contribution in [2.75, 3.05) is 18.5 Å². The number of hydrogen-bond donors (Lipinski definition) is 2. The third kappa shape index (κ3) is 4.69. The third-order valence-electron chi connectivity index (χ3n) is 6.61. The summed E-state index contributed by atoms with van der Waals surface area (Å²) in [5, 5.41) is 6.04. The van der Waals surface area contributed by atoms with Crippen LogP contribution >= 0.6 is 11.3 Å². The molecule has 0 bridgehead atoms. The van der Waals surface area contributed by atoms with Crippen LogP contribution in [0.25, 0.3) is 0 Å². The van der Waals surface area contributed by atoms with Gasteiger partial charge in [-0.25, -0.2) is 9.59 Å². The Labute approximate surface area is 209 Å². The van der Waals surface area contributed by atoms with Gasteiger partial charge in [0.15, 0.2) is 0 Å². The number of ether oxygens (including phenoxy) is 1. The van der Waals surface area contributed by atoms with Gasteiger partial charge >= 0.3 is 12.0 Å². The molecule has 8 nitrogen and oxygen atoms in total. The van der Waals surface area contributed by atoms with Gasteiger partial charge < -0.3 is 15.4 Å². The first-order valence-electron chi connectivity index (χ1n) is 12.1. The number of carbonyl (C=O) groups excluding carboxylic acids is 4. The number of nitrogens with zero attached hydrogens (tertiary/aromatic N) is 1. The maximum Gasteiger partial charge on any atom is 0.341 e. The molecule has 0 unspecified atom stereocenters. The predicted octanol–water partition coefficient (Wildman–Crippen LogP) is 4.24. The molecule has 2 aliphatic rings. The number of anilines is 1. The average molecular weight is 498 g/mol. The molecule has 0 spiro atoms. The van der Waals surface area contributed by atoms with Crippen molar-refractivity contribution < 1.29 is 23.9 Å². The largest absolute Gasteiger partial charge is 0.462 e. The average Bonchev–Trinajstić information content (AvgIpc) is 3.29. The maximum absolute atomic E-state index is 13.5. The van der Waals surface area contributed by atoms with Gasteiger partial charge in [0.25, 0.3) is 5.91 Å². The lowest BCUT2D eigenvalue weighted by Crippen LogP contribution is -2.44. The van der Waals surface area contributed by atoms with Crippen LogP contribution in [-0.4, -0.2) is 41.9 Å². The van der Waals surface area contributed by atoms with Crippen molar-refractivity contribution in [2.24, 2.45) is 5.92 Å². The lowest BCUT2D eigenvalue weighted by molar-refractivity contribution is -0.134. The summed E-state index contributed by atoms with van der Waals surface area (Å²) in [5.41, 5.74) is 0.825. The van der Waals surface area contributed by atoms with E-state index in [2.05, 4.69) is 17.6 Å². The molecule has 9 heteroatoms. The summed E-state index contributed by atoms with van der Waals surface area (Å²) in [7, 11) is 0. The highest BCUT2D eigenvalue weighted by Gasteiger charge is 2.52. The summed E-state index contributed by atoms with van der Waals surface area (Å²) < 4.78 is 5.26. The van der Waals surface area contributed by atoms with E-state index in [0.29, 0.717) is 34.9 Å². The zero-order chi connectivity index (χ0) is 25.2. The topological polar surface area (TPSA) is 105 Å². The minimum atomic E-state index is -1.19. The Morgan fingerprint density at radius 2 is 1.97 bits per heavy atom. The molecular weight excluding hydrogens is 466 g/mol. The van der Waals surface area contributed by atoms with Crippen LogP contribution in [0.4, 0.5) is 9.80 Å². The molecule has 1 saturated heterocycles. The molecule has 2 aromatic rings. The van der Waals surface area contributed by atoms with Crippen molar-refractivity contribution in [2.45, 2.75) is 58.4 Å². The van der Waals surface area contributed by atoms with Crippen molar-refractivity contribution in [3.05, 3.63) is 51.9 Å². The molecule has 35 heavy (non-hydrogen) atoms. The number of amides is 4. The number of hydrogen-bond acceptors (Lipinski definition) is 6. The fraction of sp³-hybridized carbons (Fsp3) is 0.462. The van der Waals surface area contributed by atoms with E-state index in [1.165, 1.54) is 11.3 Å². The number of carbonyl (C=O) groups is 4. The van der Waals surface area contributed by atoms with Gasteiger partial charge in [-0.05, 0) is 49.7 Å². The molecule has 1 aromatic heterocycles. The number of thiophene rings is 1. The molecule has 2 heterocycles. The highest BCUT2D eigenvalue weighted by molar-refractivity contribution is 7.17. The van der Waals surface area contributed by atoms with Crippen LogP contribution in [0, 0.1) is 5.92 Å². The molecule has 1 aromatic carbocycles. The van der Waals surface area contributed by atoms with Crippen LogP contribution < -0.4 is 10.6 Å². The Kier molecular flexibility index (Phi) is 7.25. The first-order chi connectivity index (χ1) is 16.8. The minimum absolute atomic E-state index is 0.231. The lowest BCUT2D eigenvalue weighted by atomic mass is 9.85. The Morgan fingerprint density at radius 3 is 2.66 bits per heavy atom. The van der Waals surface area contributed by atoms with Gasteiger partial charge in [0.1, 0.15) is 17.1 Å². The number of imide groups is 1. The minimum Gasteiger partial charge on any atom is -0.462 e. The molecule has 1 fully saturated rings. The summed E-state index contributed by atoms with van der Waals surface area (Å²) in [6.07, 6.45) is 3.64. The SMILES string of the molecule is CCC[C@@]1(c2ccccc2)NC(=O)N(CC(=O)Nc2sc3c(c2C(=O)OCC)CC[C@H](C)C3)C1=O. The lowest BCUT2D eigenvalue weighted by Gasteiger charge is -2.26. The van der Waals surface area contributed by atoms with Crippen LogP contribution in [-0.2, 0) is 32.7 Å². The van der Waals surface area contributed by atoms with Crippen molar-refractivity contribution in [3.8, 4) is 0 Å². The molecule has 1 aliphatic heterocycles. The van der Waals surface area contributed by atoms with Crippen molar-refractivity contribution in [1.82, 2.24) is 10.2 Å². The Balaban J connectivity index is 1.56. The van der Waals surface area contributed by atoms with Gasteiger partial charge in [-0.2, -0.15) is 0 Å². The summed E-state index contributed by atoms with van der Waals surface area (Å²) in [6.45, 7) is 5.64. The summed E-state index contributed by atoms with van der Waals surface area (Å²) >= 11 is 1.38. The molecule has 4 amide bonds. The second-order valence-corrected chi connectivity index (χ2v) is 10.3. The standard InChI is InChI=1S/C26H31N3O5S/c1-4-13-26(17-9-7-6-8-10-17)24(32)29(25(33)28-26)15-20(30)27-22-21(23(31)34-5-2)18-12-11-16(3)14-19(18)35-22/h6-10,16H,4-5,11-15H2,1-3H3,(H,27,30)(H,28,33)/t16-,26-/m0/s1. The molecule has 2 atom stereocenters. The number of benzene rings is 1. The van der Waals surface area contributed by atoms with Crippen LogP contribution in [0.15, 0.2) is 30.3 Å². The van der Waals surface area contributed by atoms with E-state index in [-0.39, 0.29) is 6.61 Å². The number of urea groups is 1. The van der Waals surface area contributed by atoms with Gasteiger partial charge in [0.2, 0.25) is 5.91 Å². The normalized spacial score (nSPS) is 21.5. The second-order valence-electron chi connectivity index (χ2n) is 9.17. The zero-order valence-electron chi connectivity index (χ0n) is 20.3. The summed E-state index contributed by atoms with van der Waals surface area (Å²) in [5.74, 6) is -0.951. The zero-order valence-corrected chi connectivity index (χ0v) is 21.1. The van der Waals surface area contributed by atoms with E-state index in [1.54, 1.807) is 19.1 Å². The van der Waals surface area contributed by atoms with Gasteiger partial charge in [0.05, 0.1) is 12.2 Å². The van der Waals surface area contributed by atoms with E-state index in [0.717, 1.165) is 34.6 Å². The molecule has 2 N–H and O–H groups in total. The predicted molar refractivity (Wildman–Crippen MR) is 133 cm³/mol. The van der Waals surface area contributed by atoms with Gasteiger partial charge in [-0.1, -0.05) is 50.6 Å². The summed E-state index contributed by atoms with van der Waals surface area (Å²) in [4.78, 5) is 54.1. The first-order valence-corrected chi connectivity index (χ1v) is 12.9. The fourth-order valence-corrected chi connectivity index (χ4v) is 6.36. The number of nitrogens with one attached hydrogen (secondary N) is 2. The Bertz CT molecular complexity index is 1150. The second kappa shape index (κ2) is 10.2. The third-order valence-corrected chi connectivity index (χ3v) is 7.78. The quantitative estimate of drug-likeness (QED) is 0.419. The van der Waals surface area contributed by atoms with Crippen LogP contribution in [0.2, 0.25) is 0 Å². The van der Waals surface area contributed by atoms with Crippen LogP contribution in [0.1, 0.15) is 66.4 Å². The number of fused-ring (bicyclic) bond motifs is 1. The van der Waals surface area contributed by atoms with Gasteiger partial charge in [-0.3, -0.25) is 14.5 Å². The monoisotopic (exact) mass is 497 g/mol. The van der Waals surface area contributed by atoms with Crippen molar-refractivity contribution in [1.29, 1.82) is 0 Å². The van der Waals surface area contributed by atoms with Gasteiger partial charge in [0, 0.05) is 4.88 Å². The fourth-order valence-electron chi connectivity index (χ4n) is 4.94. The Morgan fingerprint density at radius 1 is 1.23 bits per heavy atom. The Hall–Kier alpha value is -3.20. The molecule has 0 saturated carbocycles. The maximum atomic E-state index is 13.5. The number of esters is 1. The smallest absolute Gasteiger partial charge is 0.341 e. The number of rotatable bonds is 8. The van der Waals surface area contributed by atoms with E-state index >= 15 is 0 Å². The molecular formula is C26H31N3O5S. The van der Waals surface area contributed by atoms with Gasteiger partial charge in [-0.15, -0.1) is 11.3 Å². The van der Waals surface area contributed by atoms with Crippen LogP contribution in [0.5, 0.6) is 0 Å². The van der Waals surface area contributed by atoms with E-state index in [9.17, 15) is 19.2 Å². The van der Waals surface area contributed by atoms with Crippen molar-refractivity contribution >= 4 is 40.2 Å². The first kappa shape index (κ1) is 24.9. The van der Waals surface area contributed by atoms with Crippen LogP contribution in [0.3, 0.4) is 0 Å². The molecule has 0 radical (unpaired) electrons. The van der Waals surface area contributed by atoms with E-state index in [1.807, 2.05) is 25.1 Å². The summed E-state index contributed by atoms with van der Waals surface area (Å²) in [6, 6.07) is 8.49. The van der Waals surface area contributed by atoms with E-state index in [4.69, 9.17) is 4.74 Å². The van der Waals surface area contributed by atoms with E-state index < -0.39 is 35.9 Å². The molecule has 186 valence electrons. The highest BCUT2D eigenvalue weighted by atomic mass is 32.1. The van der Waals surface area contributed by atoms with Crippen molar-refractivity contribution in [3.63, 3.8) is 0 Å². The molecule has 1 aliphatic carbocycles. The molecule has 4 rings (SSSR count). The highest BCUT2D eigenvalue weighted by Crippen LogP contribution is 2.40.